The van der Waals surface area contributed by atoms with Crippen LogP contribution in [0.4, 0.5) is 5.82 Å². The van der Waals surface area contributed by atoms with Crippen LogP contribution in [-0.4, -0.2) is 30.3 Å². The Kier molecular flexibility index (Phi) is 2.13. The Morgan fingerprint density at radius 1 is 1.57 bits per heavy atom. The summed E-state index contributed by atoms with van der Waals surface area (Å²) in [5.74, 6) is 1.10. The van der Waals surface area contributed by atoms with E-state index in [-0.39, 0.29) is 0 Å². The third kappa shape index (κ3) is 1.40. The van der Waals surface area contributed by atoms with E-state index in [1.54, 1.807) is 0 Å². The van der Waals surface area contributed by atoms with E-state index in [2.05, 4.69) is 38.5 Å². The van der Waals surface area contributed by atoms with Gasteiger partial charge in [0.25, 0.3) is 0 Å². The molecule has 2 unspecified atom stereocenters. The maximum Gasteiger partial charge on any atom is 0.129 e. The molecule has 0 aromatic carbocycles. The van der Waals surface area contributed by atoms with Crippen LogP contribution in [0.2, 0.25) is 0 Å². The van der Waals surface area contributed by atoms with Crippen molar-refractivity contribution in [2.45, 2.75) is 18.6 Å². The lowest BCUT2D eigenvalue weighted by Gasteiger charge is -2.27. The monoisotopic (exact) mass is 302 g/mol. The molecule has 3 rings (SSSR count). The molecule has 0 radical (unpaired) electrons. The fraction of sp³-hybridized carbons (Fsp3) is 0.500. The minimum Gasteiger partial charge on any atom is -0.374 e. The van der Waals surface area contributed by atoms with Gasteiger partial charge < -0.3 is 9.64 Å². The van der Waals surface area contributed by atoms with Crippen LogP contribution in [0.15, 0.2) is 18.3 Å². The third-order valence-corrected chi connectivity index (χ3v) is 3.57. The number of halogens is 1. The van der Waals surface area contributed by atoms with Crippen molar-refractivity contribution in [2.75, 3.05) is 18.1 Å². The molecule has 2 aliphatic heterocycles. The van der Waals surface area contributed by atoms with Crippen LogP contribution in [0.25, 0.3) is 0 Å². The molecule has 2 bridgehead atoms. The van der Waals surface area contributed by atoms with Crippen LogP contribution < -0.4 is 4.90 Å². The van der Waals surface area contributed by atoms with E-state index in [0.29, 0.717) is 12.1 Å². The van der Waals surface area contributed by atoms with Crippen LogP contribution in [0.1, 0.15) is 6.42 Å². The van der Waals surface area contributed by atoms with Crippen molar-refractivity contribution in [3.63, 3.8) is 0 Å². The number of nitrogens with zero attached hydrogens (tertiary/aromatic N) is 2. The van der Waals surface area contributed by atoms with E-state index in [0.717, 1.165) is 19.0 Å². The van der Waals surface area contributed by atoms with Crippen molar-refractivity contribution in [3.05, 3.63) is 21.9 Å². The molecule has 2 saturated heterocycles. The van der Waals surface area contributed by atoms with Gasteiger partial charge >= 0.3 is 0 Å². The second-order valence-electron chi connectivity index (χ2n) is 3.83. The van der Waals surface area contributed by atoms with Crippen molar-refractivity contribution < 1.29 is 4.74 Å². The summed E-state index contributed by atoms with van der Waals surface area (Å²) in [6, 6.07) is 4.72. The van der Waals surface area contributed by atoms with Gasteiger partial charge in [0.2, 0.25) is 0 Å². The first-order valence-electron chi connectivity index (χ1n) is 4.83. The molecule has 74 valence electrons. The van der Waals surface area contributed by atoms with Crippen LogP contribution in [0.5, 0.6) is 0 Å². The van der Waals surface area contributed by atoms with Gasteiger partial charge in [0.1, 0.15) is 5.82 Å². The van der Waals surface area contributed by atoms with Crippen LogP contribution in [0, 0.1) is 3.57 Å². The van der Waals surface area contributed by atoms with Gasteiger partial charge in [0.15, 0.2) is 0 Å². The molecule has 4 heteroatoms. The highest BCUT2D eigenvalue weighted by atomic mass is 127. The van der Waals surface area contributed by atoms with Gasteiger partial charge in [-0.05, 0) is 41.1 Å². The van der Waals surface area contributed by atoms with Crippen molar-refractivity contribution >= 4 is 28.4 Å². The Balaban J connectivity index is 1.89. The molecule has 3 heterocycles. The average Bonchev–Trinajstić information content (AvgIpc) is 2.78. The van der Waals surface area contributed by atoms with E-state index >= 15 is 0 Å². The second-order valence-corrected chi connectivity index (χ2v) is 5.08. The maximum absolute atomic E-state index is 5.56. The predicted octanol–water partition coefficient (Wildman–Crippen LogP) is 1.66. The Morgan fingerprint density at radius 2 is 2.50 bits per heavy atom. The number of anilines is 1. The topological polar surface area (TPSA) is 25.4 Å². The van der Waals surface area contributed by atoms with Gasteiger partial charge in [-0.3, -0.25) is 0 Å². The molecule has 0 amide bonds. The Bertz CT molecular complexity index is 358. The smallest absolute Gasteiger partial charge is 0.129 e. The highest BCUT2D eigenvalue weighted by molar-refractivity contribution is 14.1. The van der Waals surface area contributed by atoms with Crippen molar-refractivity contribution in [1.82, 2.24) is 4.98 Å². The SMILES string of the molecule is Ic1ccnc(N2CC3CC2CO3)c1. The van der Waals surface area contributed by atoms with Gasteiger partial charge in [0.05, 0.1) is 18.8 Å². The molecule has 2 atom stereocenters. The molecule has 0 aliphatic carbocycles. The summed E-state index contributed by atoms with van der Waals surface area (Å²) < 4.78 is 6.81. The van der Waals surface area contributed by atoms with Gasteiger partial charge in [-0.2, -0.15) is 0 Å². The predicted molar refractivity (Wildman–Crippen MR) is 62.4 cm³/mol. The van der Waals surface area contributed by atoms with E-state index < -0.39 is 0 Å². The first-order valence-corrected chi connectivity index (χ1v) is 5.90. The summed E-state index contributed by atoms with van der Waals surface area (Å²) in [7, 11) is 0. The summed E-state index contributed by atoms with van der Waals surface area (Å²) in [6.45, 7) is 1.88. The van der Waals surface area contributed by atoms with Crippen LogP contribution in [0.3, 0.4) is 0 Å². The van der Waals surface area contributed by atoms with Gasteiger partial charge in [-0.1, -0.05) is 0 Å². The lowest BCUT2D eigenvalue weighted by Crippen LogP contribution is -2.37. The molecular formula is C10H11IN2O. The normalized spacial score (nSPS) is 29.9. The zero-order valence-electron chi connectivity index (χ0n) is 7.69. The quantitative estimate of drug-likeness (QED) is 0.738. The molecule has 0 spiro atoms. The minimum atomic E-state index is 0.444. The third-order valence-electron chi connectivity index (χ3n) is 2.90. The molecule has 2 aliphatic rings. The number of aromatic nitrogens is 1. The lowest BCUT2D eigenvalue weighted by atomic mass is 10.2. The van der Waals surface area contributed by atoms with Gasteiger partial charge in [0, 0.05) is 16.3 Å². The Labute approximate surface area is 96.6 Å². The Morgan fingerprint density at radius 3 is 3.14 bits per heavy atom. The molecule has 1 aromatic heterocycles. The first kappa shape index (κ1) is 8.91. The number of rotatable bonds is 1. The number of hydrogen-bond acceptors (Lipinski definition) is 3. The largest absolute Gasteiger partial charge is 0.374 e. The summed E-state index contributed by atoms with van der Waals surface area (Å²) in [5, 5.41) is 0. The lowest BCUT2D eigenvalue weighted by molar-refractivity contribution is 0.0989. The zero-order valence-corrected chi connectivity index (χ0v) is 9.85. The summed E-state index contributed by atoms with van der Waals surface area (Å²) in [4.78, 5) is 6.78. The molecule has 2 fully saturated rings. The Hall–Kier alpha value is -0.360. The molecular weight excluding hydrogens is 291 g/mol. The van der Waals surface area contributed by atoms with Crippen molar-refractivity contribution in [2.24, 2.45) is 0 Å². The highest BCUT2D eigenvalue weighted by Crippen LogP contribution is 2.31. The maximum atomic E-state index is 5.56. The number of fused-ring (bicyclic) bond motifs is 2. The number of morpholine rings is 1. The molecule has 0 saturated carbocycles. The molecule has 3 nitrogen and oxygen atoms in total. The molecule has 1 aromatic rings. The van der Waals surface area contributed by atoms with Crippen molar-refractivity contribution in [3.8, 4) is 0 Å². The van der Waals surface area contributed by atoms with Crippen LogP contribution >= 0.6 is 22.6 Å². The summed E-state index contributed by atoms with van der Waals surface area (Å²) in [5.41, 5.74) is 0. The van der Waals surface area contributed by atoms with E-state index in [1.165, 1.54) is 9.99 Å². The highest BCUT2D eigenvalue weighted by Gasteiger charge is 2.39. The number of pyridine rings is 1. The van der Waals surface area contributed by atoms with E-state index in [9.17, 15) is 0 Å². The summed E-state index contributed by atoms with van der Waals surface area (Å²) >= 11 is 2.32. The molecule has 14 heavy (non-hydrogen) atoms. The number of hydrogen-bond donors (Lipinski definition) is 0. The zero-order chi connectivity index (χ0) is 9.54. The summed E-state index contributed by atoms with van der Waals surface area (Å²) in [6.07, 6.45) is 3.50. The molecule has 0 N–H and O–H groups in total. The second kappa shape index (κ2) is 3.34. The van der Waals surface area contributed by atoms with Gasteiger partial charge in [-0.25, -0.2) is 4.98 Å². The number of ether oxygens (including phenoxy) is 1. The van der Waals surface area contributed by atoms with Crippen LogP contribution in [-0.2, 0) is 4.74 Å². The fourth-order valence-electron chi connectivity index (χ4n) is 2.23. The van der Waals surface area contributed by atoms with E-state index in [4.69, 9.17) is 4.74 Å². The first-order chi connectivity index (χ1) is 6.83. The van der Waals surface area contributed by atoms with Gasteiger partial charge in [-0.15, -0.1) is 0 Å². The fourth-order valence-corrected chi connectivity index (χ4v) is 2.67. The minimum absolute atomic E-state index is 0.444. The standard InChI is InChI=1S/C10H11IN2O/c11-7-1-2-12-10(3-7)13-5-9-4-8(13)6-14-9/h1-3,8-9H,4-6H2. The average molecular weight is 302 g/mol. The van der Waals surface area contributed by atoms with Crippen molar-refractivity contribution in [1.29, 1.82) is 0 Å². The van der Waals surface area contributed by atoms with E-state index in [1.807, 2.05) is 12.3 Å².